The quantitative estimate of drug-likeness (QED) is 0.847. The van der Waals surface area contributed by atoms with E-state index in [1.54, 1.807) is 12.1 Å². The zero-order valence-electron chi connectivity index (χ0n) is 7.79. The molecule has 0 aromatic heterocycles. The lowest BCUT2D eigenvalue weighted by molar-refractivity contribution is -0.140. The van der Waals surface area contributed by atoms with Crippen LogP contribution in [0.2, 0.25) is 0 Å². The summed E-state index contributed by atoms with van der Waals surface area (Å²) in [6, 6.07) is 5.19. The van der Waals surface area contributed by atoms with E-state index in [4.69, 9.17) is 0 Å². The number of ether oxygens (including phenoxy) is 1. The fourth-order valence-corrected chi connectivity index (χ4v) is 1.56. The van der Waals surface area contributed by atoms with E-state index in [0.717, 1.165) is 5.56 Å². The maximum absolute atomic E-state index is 10.9. The van der Waals surface area contributed by atoms with Crippen molar-refractivity contribution in [2.45, 2.75) is 12.8 Å². The Hall–Kier alpha value is -1.03. The normalized spacial score (nSPS) is 9.86. The smallest absolute Gasteiger partial charge is 0.305 e. The first-order chi connectivity index (χ1) is 6.65. The van der Waals surface area contributed by atoms with Crippen molar-refractivity contribution in [3.05, 3.63) is 28.2 Å². The van der Waals surface area contributed by atoms with Gasteiger partial charge in [0.25, 0.3) is 0 Å². The molecule has 0 aliphatic heterocycles. The summed E-state index contributed by atoms with van der Waals surface area (Å²) in [5.41, 5.74) is 0.899. The van der Waals surface area contributed by atoms with Crippen molar-refractivity contribution in [2.75, 3.05) is 7.11 Å². The summed E-state index contributed by atoms with van der Waals surface area (Å²) in [4.78, 5) is 10.9. The summed E-state index contributed by atoms with van der Waals surface area (Å²) in [6.45, 7) is 0. The SMILES string of the molecule is COC(=O)CCc1cccc(O)c1Br. The number of aromatic hydroxyl groups is 1. The molecule has 0 bridgehead atoms. The van der Waals surface area contributed by atoms with Gasteiger partial charge in [0, 0.05) is 6.42 Å². The van der Waals surface area contributed by atoms with Crippen LogP contribution in [0.4, 0.5) is 0 Å². The highest BCUT2D eigenvalue weighted by atomic mass is 79.9. The third-order valence-corrected chi connectivity index (χ3v) is 2.80. The first-order valence-electron chi connectivity index (χ1n) is 4.18. The minimum Gasteiger partial charge on any atom is -0.507 e. The largest absolute Gasteiger partial charge is 0.507 e. The van der Waals surface area contributed by atoms with Crippen LogP contribution in [-0.2, 0) is 16.0 Å². The Balaban J connectivity index is 2.68. The minimum atomic E-state index is -0.250. The molecular formula is C10H11BrO3. The van der Waals surface area contributed by atoms with E-state index in [0.29, 0.717) is 17.3 Å². The van der Waals surface area contributed by atoms with Crippen molar-refractivity contribution in [3.63, 3.8) is 0 Å². The summed E-state index contributed by atoms with van der Waals surface area (Å²) in [5.74, 6) is -0.0624. The van der Waals surface area contributed by atoms with Gasteiger partial charge in [-0.2, -0.15) is 0 Å². The summed E-state index contributed by atoms with van der Waals surface area (Å²) in [7, 11) is 1.36. The van der Waals surface area contributed by atoms with Crippen LogP contribution in [0, 0.1) is 0 Å². The van der Waals surface area contributed by atoms with Gasteiger partial charge >= 0.3 is 5.97 Å². The molecule has 0 aliphatic rings. The van der Waals surface area contributed by atoms with Gasteiger partial charge in [0.05, 0.1) is 11.6 Å². The number of hydrogen-bond donors (Lipinski definition) is 1. The molecule has 1 N–H and O–H groups in total. The van der Waals surface area contributed by atoms with E-state index >= 15 is 0 Å². The number of rotatable bonds is 3. The molecular weight excluding hydrogens is 248 g/mol. The van der Waals surface area contributed by atoms with E-state index in [2.05, 4.69) is 20.7 Å². The maximum atomic E-state index is 10.9. The molecule has 0 aliphatic carbocycles. The van der Waals surface area contributed by atoms with Crippen molar-refractivity contribution in [2.24, 2.45) is 0 Å². The maximum Gasteiger partial charge on any atom is 0.305 e. The van der Waals surface area contributed by atoms with E-state index < -0.39 is 0 Å². The van der Waals surface area contributed by atoms with E-state index in [-0.39, 0.29) is 11.7 Å². The molecule has 0 amide bonds. The summed E-state index contributed by atoms with van der Waals surface area (Å²) < 4.78 is 5.17. The number of phenolic OH excluding ortho intramolecular Hbond substituents is 1. The number of hydrogen-bond acceptors (Lipinski definition) is 3. The molecule has 14 heavy (non-hydrogen) atoms. The van der Waals surface area contributed by atoms with Crippen LogP contribution in [0.15, 0.2) is 22.7 Å². The molecule has 0 radical (unpaired) electrons. The fraction of sp³-hybridized carbons (Fsp3) is 0.300. The molecule has 0 heterocycles. The monoisotopic (exact) mass is 258 g/mol. The molecule has 0 saturated carbocycles. The molecule has 4 heteroatoms. The zero-order valence-corrected chi connectivity index (χ0v) is 9.37. The lowest BCUT2D eigenvalue weighted by Gasteiger charge is -2.04. The average Bonchev–Trinajstić information content (AvgIpc) is 2.20. The Bertz CT molecular complexity index is 336. The highest BCUT2D eigenvalue weighted by Crippen LogP contribution is 2.27. The second-order valence-corrected chi connectivity index (χ2v) is 3.62. The molecule has 0 spiro atoms. The highest BCUT2D eigenvalue weighted by Gasteiger charge is 2.06. The van der Waals surface area contributed by atoms with Crippen LogP contribution >= 0.6 is 15.9 Å². The summed E-state index contributed by atoms with van der Waals surface area (Å²) >= 11 is 3.25. The van der Waals surface area contributed by atoms with Crippen molar-refractivity contribution in [3.8, 4) is 5.75 Å². The molecule has 0 atom stereocenters. The first kappa shape index (κ1) is 11.0. The van der Waals surface area contributed by atoms with Gasteiger partial charge in [0.15, 0.2) is 0 Å². The number of halogens is 1. The van der Waals surface area contributed by atoms with Gasteiger partial charge < -0.3 is 9.84 Å². The van der Waals surface area contributed by atoms with Crippen LogP contribution in [-0.4, -0.2) is 18.2 Å². The summed E-state index contributed by atoms with van der Waals surface area (Å²) in [5, 5.41) is 9.36. The molecule has 0 fully saturated rings. The van der Waals surface area contributed by atoms with Crippen molar-refractivity contribution in [1.82, 2.24) is 0 Å². The van der Waals surface area contributed by atoms with E-state index in [1.165, 1.54) is 7.11 Å². The fourth-order valence-electron chi connectivity index (χ4n) is 1.10. The lowest BCUT2D eigenvalue weighted by atomic mass is 10.1. The van der Waals surface area contributed by atoms with Crippen LogP contribution in [0.25, 0.3) is 0 Å². The molecule has 0 saturated heterocycles. The zero-order chi connectivity index (χ0) is 10.6. The number of carbonyl (C=O) groups excluding carboxylic acids is 1. The topological polar surface area (TPSA) is 46.5 Å². The van der Waals surface area contributed by atoms with Gasteiger partial charge in [-0.15, -0.1) is 0 Å². The minimum absolute atomic E-state index is 0.187. The second kappa shape index (κ2) is 5.00. The number of esters is 1. The van der Waals surface area contributed by atoms with Crippen molar-refractivity contribution in [1.29, 1.82) is 0 Å². The number of methoxy groups -OCH3 is 1. The van der Waals surface area contributed by atoms with Gasteiger partial charge in [0.1, 0.15) is 5.75 Å². The first-order valence-corrected chi connectivity index (χ1v) is 4.97. The van der Waals surface area contributed by atoms with Crippen molar-refractivity contribution < 1.29 is 14.6 Å². The Morgan fingerprint density at radius 1 is 1.57 bits per heavy atom. The van der Waals surface area contributed by atoms with E-state index in [1.807, 2.05) is 6.07 Å². The van der Waals surface area contributed by atoms with Gasteiger partial charge in [-0.3, -0.25) is 4.79 Å². The molecule has 1 rings (SSSR count). The summed E-state index contributed by atoms with van der Waals surface area (Å²) in [6.07, 6.45) is 0.875. The number of aryl methyl sites for hydroxylation is 1. The standard InChI is InChI=1S/C10H11BrO3/c1-14-9(13)6-5-7-3-2-4-8(12)10(7)11/h2-4,12H,5-6H2,1H3. The molecule has 0 unspecified atom stereocenters. The molecule has 76 valence electrons. The predicted octanol–water partition coefficient (Wildman–Crippen LogP) is 2.26. The van der Waals surface area contributed by atoms with Crippen molar-refractivity contribution >= 4 is 21.9 Å². The Labute approximate surface area is 90.8 Å². The van der Waals surface area contributed by atoms with Gasteiger partial charge in [-0.1, -0.05) is 12.1 Å². The second-order valence-electron chi connectivity index (χ2n) is 2.83. The molecule has 1 aromatic carbocycles. The van der Waals surface area contributed by atoms with Crippen LogP contribution in [0.3, 0.4) is 0 Å². The third kappa shape index (κ3) is 2.73. The van der Waals surface area contributed by atoms with E-state index in [9.17, 15) is 9.90 Å². The number of carbonyl (C=O) groups is 1. The number of benzene rings is 1. The predicted molar refractivity (Wildman–Crippen MR) is 56.1 cm³/mol. The Morgan fingerprint density at radius 2 is 2.29 bits per heavy atom. The van der Waals surface area contributed by atoms with Gasteiger partial charge in [0.2, 0.25) is 0 Å². The third-order valence-electron chi connectivity index (χ3n) is 1.88. The number of phenols is 1. The highest BCUT2D eigenvalue weighted by molar-refractivity contribution is 9.10. The van der Waals surface area contributed by atoms with Gasteiger partial charge in [-0.05, 0) is 34.0 Å². The van der Waals surface area contributed by atoms with Crippen LogP contribution in [0.1, 0.15) is 12.0 Å². The Morgan fingerprint density at radius 3 is 2.93 bits per heavy atom. The Kier molecular flexibility index (Phi) is 3.95. The van der Waals surface area contributed by atoms with Gasteiger partial charge in [-0.25, -0.2) is 0 Å². The average molecular weight is 259 g/mol. The van der Waals surface area contributed by atoms with Crippen LogP contribution in [0.5, 0.6) is 5.75 Å². The van der Waals surface area contributed by atoms with Crippen LogP contribution < -0.4 is 0 Å². The molecule has 1 aromatic rings. The lowest BCUT2D eigenvalue weighted by Crippen LogP contribution is -2.02. The molecule has 3 nitrogen and oxygen atoms in total.